The largest absolute Gasteiger partial charge is 0.480 e. The Hall–Kier alpha value is -1.98. The molecule has 0 aliphatic carbocycles. The van der Waals surface area contributed by atoms with E-state index in [4.69, 9.17) is 5.11 Å². The van der Waals surface area contributed by atoms with Crippen molar-refractivity contribution >= 4 is 11.9 Å². The first-order valence-electron chi connectivity index (χ1n) is 5.43. The Morgan fingerprint density at radius 1 is 1.28 bits per heavy atom. The van der Waals surface area contributed by atoms with Crippen LogP contribution in [0.5, 0.6) is 0 Å². The number of carbonyl (C=O) groups is 2. The maximum atomic E-state index is 12.9. The van der Waals surface area contributed by atoms with E-state index in [-0.39, 0.29) is 12.0 Å². The van der Waals surface area contributed by atoms with Crippen molar-refractivity contribution in [2.75, 3.05) is 0 Å². The van der Waals surface area contributed by atoms with Gasteiger partial charge < -0.3 is 10.4 Å². The average molecular weight is 257 g/mol. The van der Waals surface area contributed by atoms with Crippen molar-refractivity contribution in [1.29, 1.82) is 0 Å². The number of halogens is 2. The molecule has 0 saturated heterocycles. The molecule has 2 N–H and O–H groups in total. The number of carboxylic acid groups (broad SMARTS) is 1. The van der Waals surface area contributed by atoms with Crippen LogP contribution in [0.25, 0.3) is 0 Å². The lowest BCUT2D eigenvalue weighted by Gasteiger charge is -2.13. The Morgan fingerprint density at radius 3 is 2.28 bits per heavy atom. The van der Waals surface area contributed by atoms with Crippen molar-refractivity contribution in [3.05, 3.63) is 35.4 Å². The van der Waals surface area contributed by atoms with E-state index >= 15 is 0 Å². The van der Waals surface area contributed by atoms with E-state index in [0.29, 0.717) is 12.5 Å². The first-order chi connectivity index (χ1) is 8.43. The molecule has 1 amide bonds. The lowest BCUT2D eigenvalue weighted by molar-refractivity contribution is -0.139. The Labute approximate surface area is 103 Å². The summed E-state index contributed by atoms with van der Waals surface area (Å²) in [5.41, 5.74) is -0.241. The van der Waals surface area contributed by atoms with Gasteiger partial charge in [0, 0.05) is 11.6 Å². The molecule has 0 spiro atoms. The van der Waals surface area contributed by atoms with Crippen LogP contribution in [0.15, 0.2) is 18.2 Å². The third-order valence-corrected chi connectivity index (χ3v) is 2.31. The summed E-state index contributed by atoms with van der Waals surface area (Å²) in [6, 6.07) is 1.28. The van der Waals surface area contributed by atoms with Gasteiger partial charge >= 0.3 is 5.97 Å². The van der Waals surface area contributed by atoms with Gasteiger partial charge in [-0.1, -0.05) is 13.3 Å². The van der Waals surface area contributed by atoms with Crippen LogP contribution in [0.3, 0.4) is 0 Å². The van der Waals surface area contributed by atoms with Gasteiger partial charge in [0.15, 0.2) is 0 Å². The summed E-state index contributed by atoms with van der Waals surface area (Å²) in [6.45, 7) is 1.77. The predicted molar refractivity (Wildman–Crippen MR) is 60.2 cm³/mol. The highest BCUT2D eigenvalue weighted by atomic mass is 19.1. The van der Waals surface area contributed by atoms with Crippen molar-refractivity contribution in [3.8, 4) is 0 Å². The molecular formula is C12H13F2NO3. The fraction of sp³-hybridized carbons (Fsp3) is 0.333. The van der Waals surface area contributed by atoms with Crippen LogP contribution in [0.4, 0.5) is 8.78 Å². The Bertz CT molecular complexity index is 442. The van der Waals surface area contributed by atoms with Gasteiger partial charge in [0.05, 0.1) is 0 Å². The summed E-state index contributed by atoms with van der Waals surface area (Å²) in [6.07, 6.45) is 0.813. The molecule has 0 bridgehead atoms. The Morgan fingerprint density at radius 2 is 1.83 bits per heavy atom. The molecule has 0 radical (unpaired) electrons. The van der Waals surface area contributed by atoms with E-state index in [2.05, 4.69) is 5.32 Å². The van der Waals surface area contributed by atoms with Crippen LogP contribution >= 0.6 is 0 Å². The monoisotopic (exact) mass is 257 g/mol. The van der Waals surface area contributed by atoms with Crippen molar-refractivity contribution < 1.29 is 23.5 Å². The highest BCUT2D eigenvalue weighted by Gasteiger charge is 2.20. The minimum atomic E-state index is -1.18. The molecular weight excluding hydrogens is 244 g/mol. The molecule has 0 aliphatic heterocycles. The van der Waals surface area contributed by atoms with Gasteiger partial charge in [-0.05, 0) is 18.6 Å². The van der Waals surface area contributed by atoms with Crippen LogP contribution in [0.1, 0.15) is 30.1 Å². The standard InChI is InChI=1S/C12H13F2NO3/c1-2-3-10(12(17)18)15-11(16)7-4-8(13)6-9(14)5-7/h4-6,10H,2-3H2,1H3,(H,15,16)(H,17,18)/t10-/m0/s1. The topological polar surface area (TPSA) is 66.4 Å². The number of aliphatic carboxylic acids is 1. The summed E-state index contributed by atoms with van der Waals surface area (Å²) < 4.78 is 25.8. The van der Waals surface area contributed by atoms with Gasteiger partial charge in [0.2, 0.25) is 0 Å². The molecule has 1 aromatic rings. The molecule has 4 nitrogen and oxygen atoms in total. The molecule has 0 fully saturated rings. The Kier molecular flexibility index (Phi) is 4.76. The average Bonchev–Trinajstić information content (AvgIpc) is 2.26. The van der Waals surface area contributed by atoms with E-state index in [9.17, 15) is 18.4 Å². The minimum absolute atomic E-state index is 0.241. The number of carboxylic acids is 1. The molecule has 0 aliphatic rings. The number of hydrogen-bond donors (Lipinski definition) is 2. The maximum absolute atomic E-state index is 12.9. The van der Waals surface area contributed by atoms with E-state index < -0.39 is 29.6 Å². The highest BCUT2D eigenvalue weighted by molar-refractivity contribution is 5.96. The first kappa shape index (κ1) is 14.1. The lowest BCUT2D eigenvalue weighted by Crippen LogP contribution is -2.40. The summed E-state index contributed by atoms with van der Waals surface area (Å²) in [5.74, 6) is -3.76. The Balaban J connectivity index is 2.83. The molecule has 18 heavy (non-hydrogen) atoms. The van der Waals surface area contributed by atoms with E-state index in [0.717, 1.165) is 12.1 Å². The van der Waals surface area contributed by atoms with Gasteiger partial charge in [0.1, 0.15) is 17.7 Å². The number of benzene rings is 1. The number of rotatable bonds is 5. The van der Waals surface area contributed by atoms with Gasteiger partial charge in [-0.25, -0.2) is 13.6 Å². The molecule has 0 aromatic heterocycles. The van der Waals surface area contributed by atoms with Crippen molar-refractivity contribution in [2.45, 2.75) is 25.8 Å². The highest BCUT2D eigenvalue weighted by Crippen LogP contribution is 2.08. The molecule has 0 heterocycles. The normalized spacial score (nSPS) is 11.9. The predicted octanol–water partition coefficient (Wildman–Crippen LogP) is 1.95. The summed E-state index contributed by atoms with van der Waals surface area (Å²) in [5, 5.41) is 11.1. The first-order valence-corrected chi connectivity index (χ1v) is 5.43. The van der Waals surface area contributed by atoms with Crippen LogP contribution in [0, 0.1) is 11.6 Å². The second-order valence-electron chi connectivity index (χ2n) is 3.81. The molecule has 6 heteroatoms. The second-order valence-corrected chi connectivity index (χ2v) is 3.81. The van der Waals surface area contributed by atoms with Gasteiger partial charge in [0.25, 0.3) is 5.91 Å². The quantitative estimate of drug-likeness (QED) is 0.847. The summed E-state index contributed by atoms with van der Waals surface area (Å²) >= 11 is 0. The number of hydrogen-bond acceptors (Lipinski definition) is 2. The SMILES string of the molecule is CCC[C@H](NC(=O)c1cc(F)cc(F)c1)C(=O)O. The van der Waals surface area contributed by atoms with Crippen LogP contribution in [-0.2, 0) is 4.79 Å². The van der Waals surface area contributed by atoms with Crippen LogP contribution < -0.4 is 5.32 Å². The van der Waals surface area contributed by atoms with Crippen molar-refractivity contribution in [2.24, 2.45) is 0 Å². The van der Waals surface area contributed by atoms with Gasteiger partial charge in [-0.15, -0.1) is 0 Å². The molecule has 1 rings (SSSR count). The number of amides is 1. The van der Waals surface area contributed by atoms with Crippen molar-refractivity contribution in [3.63, 3.8) is 0 Å². The number of carbonyl (C=O) groups excluding carboxylic acids is 1. The summed E-state index contributed by atoms with van der Waals surface area (Å²) in [7, 11) is 0. The van der Waals surface area contributed by atoms with Gasteiger partial charge in [-0.2, -0.15) is 0 Å². The zero-order valence-electron chi connectivity index (χ0n) is 9.74. The third kappa shape index (κ3) is 3.80. The lowest BCUT2D eigenvalue weighted by atomic mass is 10.1. The van der Waals surface area contributed by atoms with Crippen molar-refractivity contribution in [1.82, 2.24) is 5.32 Å². The molecule has 1 aromatic carbocycles. The van der Waals surface area contributed by atoms with Crippen LogP contribution in [-0.4, -0.2) is 23.0 Å². The fourth-order valence-electron chi connectivity index (χ4n) is 1.47. The smallest absolute Gasteiger partial charge is 0.326 e. The van der Waals surface area contributed by atoms with E-state index in [1.165, 1.54) is 0 Å². The van der Waals surface area contributed by atoms with E-state index in [1.807, 2.05) is 0 Å². The number of nitrogens with one attached hydrogen (secondary N) is 1. The second kappa shape index (κ2) is 6.09. The zero-order valence-corrected chi connectivity index (χ0v) is 9.74. The maximum Gasteiger partial charge on any atom is 0.326 e. The molecule has 0 unspecified atom stereocenters. The van der Waals surface area contributed by atoms with Crippen LogP contribution in [0.2, 0.25) is 0 Å². The molecule has 0 saturated carbocycles. The fourth-order valence-corrected chi connectivity index (χ4v) is 1.47. The summed E-state index contributed by atoms with van der Waals surface area (Å²) in [4.78, 5) is 22.5. The molecule has 98 valence electrons. The third-order valence-electron chi connectivity index (χ3n) is 2.31. The van der Waals surface area contributed by atoms with E-state index in [1.54, 1.807) is 6.92 Å². The molecule has 1 atom stereocenters. The minimum Gasteiger partial charge on any atom is -0.480 e. The zero-order chi connectivity index (χ0) is 13.7. The van der Waals surface area contributed by atoms with Gasteiger partial charge in [-0.3, -0.25) is 4.79 Å².